The zero-order chi connectivity index (χ0) is 29.7. The van der Waals surface area contributed by atoms with Crippen molar-refractivity contribution in [2.45, 2.75) is 32.0 Å². The van der Waals surface area contributed by atoms with E-state index in [4.69, 9.17) is 4.74 Å². The standard InChI is InChI=1S/C29H27F3N6O3S/c1-18-24(41-21-5-3-2-4-6-21)9-8-22(36-27(40)23-17-42-28(37-23)19-11-12-34-35-15-19)26(18)38-14-13-33-20(16-38)7-10-25(39)29(30,31)32/h2-6,8-9,11-12,15,17,20,33H,7,10,13-14,16H2,1H3,(H,36,40)/t20-/m0/s1. The van der Waals surface area contributed by atoms with Gasteiger partial charge in [-0.15, -0.1) is 11.3 Å². The van der Waals surface area contributed by atoms with Crippen LogP contribution in [0.25, 0.3) is 10.6 Å². The number of piperazine rings is 1. The lowest BCUT2D eigenvalue weighted by Gasteiger charge is -2.37. The summed E-state index contributed by atoms with van der Waals surface area (Å²) >= 11 is 1.30. The fourth-order valence-electron chi connectivity index (χ4n) is 4.70. The van der Waals surface area contributed by atoms with Gasteiger partial charge in [-0.3, -0.25) is 9.59 Å². The number of carbonyl (C=O) groups excluding carboxylic acids is 2. The van der Waals surface area contributed by atoms with Crippen molar-refractivity contribution in [2.75, 3.05) is 29.9 Å². The van der Waals surface area contributed by atoms with Gasteiger partial charge in [-0.05, 0) is 43.7 Å². The summed E-state index contributed by atoms with van der Waals surface area (Å²) in [7, 11) is 0. The number of anilines is 2. The first-order valence-corrected chi connectivity index (χ1v) is 14.1. The molecule has 1 aliphatic heterocycles. The van der Waals surface area contributed by atoms with Gasteiger partial charge in [0.15, 0.2) is 0 Å². The van der Waals surface area contributed by atoms with E-state index in [0.717, 1.165) is 11.1 Å². The Hall–Kier alpha value is -4.36. The molecule has 4 aromatic rings. The van der Waals surface area contributed by atoms with Gasteiger partial charge in [0.2, 0.25) is 5.78 Å². The van der Waals surface area contributed by atoms with Crippen LogP contribution >= 0.6 is 11.3 Å². The van der Waals surface area contributed by atoms with Crippen molar-refractivity contribution in [3.05, 3.63) is 77.6 Å². The third-order valence-electron chi connectivity index (χ3n) is 6.78. The van der Waals surface area contributed by atoms with Gasteiger partial charge in [0.25, 0.3) is 5.91 Å². The number of aromatic nitrogens is 3. The average Bonchev–Trinajstić information content (AvgIpc) is 3.49. The Morgan fingerprint density at radius 2 is 1.95 bits per heavy atom. The molecule has 2 aromatic heterocycles. The second-order valence-corrected chi connectivity index (χ2v) is 10.5. The highest BCUT2D eigenvalue weighted by Gasteiger charge is 2.38. The minimum atomic E-state index is -4.85. The largest absolute Gasteiger partial charge is 0.457 e. The Bertz CT molecular complexity index is 1550. The van der Waals surface area contributed by atoms with Crippen LogP contribution in [-0.4, -0.2) is 58.7 Å². The van der Waals surface area contributed by atoms with Crippen LogP contribution in [-0.2, 0) is 4.79 Å². The lowest BCUT2D eigenvalue weighted by molar-refractivity contribution is -0.171. The first-order chi connectivity index (χ1) is 20.2. The second kappa shape index (κ2) is 12.7. The number of halogens is 3. The second-order valence-electron chi connectivity index (χ2n) is 9.68. The molecule has 13 heteroatoms. The van der Waals surface area contributed by atoms with Gasteiger partial charge in [0.1, 0.15) is 22.2 Å². The summed E-state index contributed by atoms with van der Waals surface area (Å²) in [6.45, 7) is 3.21. The maximum absolute atomic E-state index is 13.3. The Morgan fingerprint density at radius 1 is 1.14 bits per heavy atom. The predicted octanol–water partition coefficient (Wildman–Crippen LogP) is 5.64. The summed E-state index contributed by atoms with van der Waals surface area (Å²) in [5.74, 6) is -0.959. The van der Waals surface area contributed by atoms with E-state index in [1.54, 1.807) is 36.0 Å². The van der Waals surface area contributed by atoms with E-state index in [2.05, 4.69) is 25.8 Å². The number of ketones is 1. The molecular weight excluding hydrogens is 569 g/mol. The van der Waals surface area contributed by atoms with E-state index in [9.17, 15) is 22.8 Å². The molecule has 1 fully saturated rings. The van der Waals surface area contributed by atoms with Gasteiger partial charge in [-0.1, -0.05) is 18.2 Å². The highest BCUT2D eigenvalue weighted by Crippen LogP contribution is 2.39. The quantitative estimate of drug-likeness (QED) is 0.256. The third kappa shape index (κ3) is 6.92. The lowest BCUT2D eigenvalue weighted by Crippen LogP contribution is -2.51. The molecule has 9 nitrogen and oxygen atoms in total. The number of nitrogens with one attached hydrogen (secondary N) is 2. The minimum absolute atomic E-state index is 0.0290. The predicted molar refractivity (Wildman–Crippen MR) is 153 cm³/mol. The summed E-state index contributed by atoms with van der Waals surface area (Å²) in [5, 5.41) is 16.1. The highest BCUT2D eigenvalue weighted by molar-refractivity contribution is 7.13. The molecule has 0 aliphatic carbocycles. The number of amides is 1. The highest BCUT2D eigenvalue weighted by atomic mass is 32.1. The third-order valence-corrected chi connectivity index (χ3v) is 7.67. The van der Waals surface area contributed by atoms with Crippen molar-refractivity contribution < 1.29 is 27.5 Å². The number of rotatable bonds is 9. The number of Topliss-reactive ketones (excluding diaryl/α,β-unsaturated/α-hetero) is 1. The number of ether oxygens (including phenoxy) is 1. The zero-order valence-corrected chi connectivity index (χ0v) is 23.3. The van der Waals surface area contributed by atoms with Gasteiger partial charge in [0.05, 0.1) is 23.8 Å². The number of hydrogen-bond acceptors (Lipinski definition) is 9. The Balaban J connectivity index is 1.41. The molecule has 218 valence electrons. The molecular formula is C29H27F3N6O3S. The van der Waals surface area contributed by atoms with Crippen LogP contribution in [0.4, 0.5) is 24.5 Å². The Morgan fingerprint density at radius 3 is 2.69 bits per heavy atom. The van der Waals surface area contributed by atoms with Gasteiger partial charge in [0, 0.05) is 48.6 Å². The molecule has 42 heavy (non-hydrogen) atoms. The minimum Gasteiger partial charge on any atom is -0.457 e. The number of benzene rings is 2. The molecule has 1 saturated heterocycles. The molecule has 5 rings (SSSR count). The zero-order valence-electron chi connectivity index (χ0n) is 22.5. The van der Waals surface area contributed by atoms with Crippen molar-refractivity contribution in [3.8, 4) is 22.1 Å². The lowest BCUT2D eigenvalue weighted by atomic mass is 10.0. The van der Waals surface area contributed by atoms with Gasteiger partial charge < -0.3 is 20.3 Å². The molecule has 0 spiro atoms. The van der Waals surface area contributed by atoms with Gasteiger partial charge >= 0.3 is 6.18 Å². The monoisotopic (exact) mass is 596 g/mol. The van der Waals surface area contributed by atoms with E-state index in [1.807, 2.05) is 42.2 Å². The maximum Gasteiger partial charge on any atom is 0.449 e. The molecule has 0 radical (unpaired) electrons. The van der Waals surface area contributed by atoms with E-state index in [1.165, 1.54) is 11.3 Å². The van der Waals surface area contributed by atoms with Crippen molar-refractivity contribution in [1.82, 2.24) is 20.5 Å². The first kappa shape index (κ1) is 29.1. The number of alkyl halides is 3. The van der Waals surface area contributed by atoms with E-state index < -0.39 is 24.3 Å². The van der Waals surface area contributed by atoms with Crippen LogP contribution in [0.2, 0.25) is 0 Å². The fraction of sp³-hybridized carbons (Fsp3) is 0.276. The number of carbonyl (C=O) groups is 2. The van der Waals surface area contributed by atoms with E-state index in [-0.39, 0.29) is 18.2 Å². The number of para-hydroxylation sites is 1. The van der Waals surface area contributed by atoms with E-state index in [0.29, 0.717) is 47.5 Å². The summed E-state index contributed by atoms with van der Waals surface area (Å²) in [6.07, 6.45) is -2.31. The van der Waals surface area contributed by atoms with Gasteiger partial charge in [-0.2, -0.15) is 23.4 Å². The maximum atomic E-state index is 13.3. The number of hydrogen-bond donors (Lipinski definition) is 2. The summed E-state index contributed by atoms with van der Waals surface area (Å²) in [5.41, 5.74) is 2.89. The molecule has 0 saturated carbocycles. The number of nitrogens with zero attached hydrogens (tertiary/aromatic N) is 4. The molecule has 3 heterocycles. The van der Waals surface area contributed by atoms with Crippen LogP contribution in [0.3, 0.4) is 0 Å². The number of thiazole rings is 1. The Labute approximate surface area is 243 Å². The molecule has 1 amide bonds. The smallest absolute Gasteiger partial charge is 0.449 e. The van der Waals surface area contributed by atoms with Crippen molar-refractivity contribution >= 4 is 34.4 Å². The van der Waals surface area contributed by atoms with Crippen LogP contribution in [0.1, 0.15) is 28.9 Å². The van der Waals surface area contributed by atoms with E-state index >= 15 is 0 Å². The molecule has 2 N–H and O–H groups in total. The topological polar surface area (TPSA) is 109 Å². The van der Waals surface area contributed by atoms with Crippen molar-refractivity contribution in [2.24, 2.45) is 0 Å². The Kier molecular flexibility index (Phi) is 8.78. The molecule has 0 unspecified atom stereocenters. The molecule has 1 atom stereocenters. The van der Waals surface area contributed by atoms with Crippen molar-refractivity contribution in [3.63, 3.8) is 0 Å². The van der Waals surface area contributed by atoms with Crippen molar-refractivity contribution in [1.29, 1.82) is 0 Å². The SMILES string of the molecule is Cc1c(Oc2ccccc2)ccc(NC(=O)c2csc(-c3ccnnc3)n2)c1N1CCN[C@@H](CCC(=O)C(F)(F)F)C1. The van der Waals surface area contributed by atoms with Gasteiger partial charge in [-0.25, -0.2) is 4.98 Å². The van der Waals surface area contributed by atoms with Crippen LogP contribution < -0.4 is 20.3 Å². The first-order valence-electron chi connectivity index (χ1n) is 13.2. The fourth-order valence-corrected chi connectivity index (χ4v) is 5.49. The molecule has 2 aromatic carbocycles. The summed E-state index contributed by atoms with van der Waals surface area (Å²) in [4.78, 5) is 31.3. The summed E-state index contributed by atoms with van der Waals surface area (Å²) in [6, 6.07) is 14.1. The molecule has 0 bridgehead atoms. The molecule has 1 aliphatic rings. The van der Waals surface area contributed by atoms with Crippen LogP contribution in [0.15, 0.2) is 66.3 Å². The normalized spacial score (nSPS) is 15.3. The van der Waals surface area contributed by atoms with Crippen LogP contribution in [0, 0.1) is 6.92 Å². The van der Waals surface area contributed by atoms with Crippen LogP contribution in [0.5, 0.6) is 11.5 Å². The average molecular weight is 597 g/mol. The summed E-state index contributed by atoms with van der Waals surface area (Å²) < 4.78 is 44.5.